The summed E-state index contributed by atoms with van der Waals surface area (Å²) in [4.78, 5) is 27.3. The number of thioether (sulfide) groups is 1. The highest BCUT2D eigenvalue weighted by Crippen LogP contribution is 2.40. The van der Waals surface area contributed by atoms with Gasteiger partial charge in [-0.05, 0) is 54.2 Å². The van der Waals surface area contributed by atoms with Crippen molar-refractivity contribution < 1.29 is 14.3 Å². The summed E-state index contributed by atoms with van der Waals surface area (Å²) in [5.41, 5.74) is 2.57. The van der Waals surface area contributed by atoms with Gasteiger partial charge in [-0.2, -0.15) is 0 Å². The van der Waals surface area contributed by atoms with Gasteiger partial charge in [-0.1, -0.05) is 26.0 Å². The summed E-state index contributed by atoms with van der Waals surface area (Å²) in [6, 6.07) is 8.06. The molecule has 1 atom stereocenters. The molecule has 27 heavy (non-hydrogen) atoms. The van der Waals surface area contributed by atoms with E-state index in [4.69, 9.17) is 4.74 Å². The first-order chi connectivity index (χ1) is 13.0. The van der Waals surface area contributed by atoms with Gasteiger partial charge in [-0.25, -0.2) is 4.79 Å². The predicted octanol–water partition coefficient (Wildman–Crippen LogP) is 4.95. The molecule has 0 bridgehead atoms. The molecule has 1 aliphatic rings. The fraction of sp³-hybridized carbons (Fsp3) is 0.429. The van der Waals surface area contributed by atoms with Crippen molar-refractivity contribution in [3.05, 3.63) is 45.8 Å². The summed E-state index contributed by atoms with van der Waals surface area (Å²) in [6.45, 7) is 4.34. The van der Waals surface area contributed by atoms with Crippen molar-refractivity contribution in [2.45, 2.75) is 44.4 Å². The monoisotopic (exact) mass is 403 g/mol. The van der Waals surface area contributed by atoms with E-state index in [1.807, 2.05) is 24.3 Å². The number of carbonyl (C=O) groups is 2. The van der Waals surface area contributed by atoms with Gasteiger partial charge >= 0.3 is 5.97 Å². The second-order valence-corrected chi connectivity index (χ2v) is 9.29. The molecule has 6 heteroatoms. The number of esters is 1. The third-order valence-electron chi connectivity index (χ3n) is 4.75. The Bertz CT molecular complexity index is 827. The number of hydrogen-bond acceptors (Lipinski definition) is 5. The molecule has 2 aromatic rings. The fourth-order valence-electron chi connectivity index (χ4n) is 3.38. The molecule has 3 rings (SSSR count). The number of benzene rings is 1. The quantitative estimate of drug-likeness (QED) is 0.547. The normalized spacial score (nSPS) is 15.9. The van der Waals surface area contributed by atoms with Crippen LogP contribution in [0.25, 0.3) is 0 Å². The van der Waals surface area contributed by atoms with Crippen LogP contribution in [-0.2, 0) is 28.8 Å². The molecule has 1 aliphatic carbocycles. The lowest BCUT2D eigenvalue weighted by Gasteiger charge is -2.18. The van der Waals surface area contributed by atoms with Crippen molar-refractivity contribution in [3.8, 4) is 0 Å². The lowest BCUT2D eigenvalue weighted by Crippen LogP contribution is -2.17. The molecule has 144 valence electrons. The van der Waals surface area contributed by atoms with Crippen LogP contribution in [0.1, 0.15) is 46.6 Å². The second kappa shape index (κ2) is 8.93. The van der Waals surface area contributed by atoms with E-state index in [0.717, 1.165) is 36.1 Å². The van der Waals surface area contributed by atoms with Crippen molar-refractivity contribution in [3.63, 3.8) is 0 Å². The Balaban J connectivity index is 1.76. The third kappa shape index (κ3) is 4.74. The van der Waals surface area contributed by atoms with Crippen LogP contribution in [0.4, 0.5) is 5.00 Å². The SMILES string of the molecule is CCSc1ccc(CC(=O)Nc2sc3c(c2C(=O)OC)CCC(C)C3)cc1. The highest BCUT2D eigenvalue weighted by Gasteiger charge is 2.28. The number of rotatable bonds is 6. The van der Waals surface area contributed by atoms with Gasteiger partial charge < -0.3 is 10.1 Å². The maximum atomic E-state index is 12.6. The number of nitrogens with one attached hydrogen (secondary N) is 1. The van der Waals surface area contributed by atoms with E-state index in [9.17, 15) is 9.59 Å². The van der Waals surface area contributed by atoms with Gasteiger partial charge in [0.25, 0.3) is 0 Å². The Morgan fingerprint density at radius 2 is 2.04 bits per heavy atom. The van der Waals surface area contributed by atoms with E-state index < -0.39 is 0 Å². The molecule has 0 saturated heterocycles. The van der Waals surface area contributed by atoms with Gasteiger partial charge in [0.1, 0.15) is 5.00 Å². The first kappa shape index (κ1) is 20.0. The number of ether oxygens (including phenoxy) is 1. The van der Waals surface area contributed by atoms with Crippen LogP contribution in [0.2, 0.25) is 0 Å². The zero-order valence-electron chi connectivity index (χ0n) is 16.0. The van der Waals surface area contributed by atoms with Crippen LogP contribution in [-0.4, -0.2) is 24.7 Å². The van der Waals surface area contributed by atoms with Crippen molar-refractivity contribution in [1.29, 1.82) is 0 Å². The molecule has 0 saturated carbocycles. The topological polar surface area (TPSA) is 55.4 Å². The predicted molar refractivity (Wildman–Crippen MR) is 112 cm³/mol. The molecule has 1 amide bonds. The molecular weight excluding hydrogens is 378 g/mol. The van der Waals surface area contributed by atoms with Crippen molar-refractivity contribution in [1.82, 2.24) is 0 Å². The average Bonchev–Trinajstić information content (AvgIpc) is 2.99. The largest absolute Gasteiger partial charge is 0.465 e. The summed E-state index contributed by atoms with van der Waals surface area (Å²) < 4.78 is 4.98. The van der Waals surface area contributed by atoms with E-state index in [2.05, 4.69) is 19.2 Å². The molecule has 1 N–H and O–H groups in total. The molecule has 1 unspecified atom stereocenters. The Morgan fingerprint density at radius 3 is 2.70 bits per heavy atom. The zero-order chi connectivity index (χ0) is 19.4. The average molecular weight is 404 g/mol. The van der Waals surface area contributed by atoms with Crippen molar-refractivity contribution in [2.24, 2.45) is 5.92 Å². The Hall–Kier alpha value is -1.79. The lowest BCUT2D eigenvalue weighted by atomic mass is 9.88. The van der Waals surface area contributed by atoms with Crippen LogP contribution in [0.3, 0.4) is 0 Å². The maximum absolute atomic E-state index is 12.6. The molecule has 1 heterocycles. The Morgan fingerprint density at radius 1 is 1.30 bits per heavy atom. The molecular formula is C21H25NO3S2. The van der Waals surface area contributed by atoms with Crippen LogP contribution in [0, 0.1) is 5.92 Å². The van der Waals surface area contributed by atoms with Gasteiger partial charge in [-0.15, -0.1) is 23.1 Å². The van der Waals surface area contributed by atoms with E-state index in [1.54, 1.807) is 11.8 Å². The highest BCUT2D eigenvalue weighted by molar-refractivity contribution is 7.99. The maximum Gasteiger partial charge on any atom is 0.341 e. The number of carbonyl (C=O) groups excluding carboxylic acids is 2. The molecule has 4 nitrogen and oxygen atoms in total. The van der Waals surface area contributed by atoms with Crippen LogP contribution >= 0.6 is 23.1 Å². The summed E-state index contributed by atoms with van der Waals surface area (Å²) in [7, 11) is 1.39. The number of anilines is 1. The lowest BCUT2D eigenvalue weighted by molar-refractivity contribution is -0.115. The highest BCUT2D eigenvalue weighted by atomic mass is 32.2. The smallest absolute Gasteiger partial charge is 0.341 e. The minimum absolute atomic E-state index is 0.109. The zero-order valence-corrected chi connectivity index (χ0v) is 17.6. The minimum Gasteiger partial charge on any atom is -0.465 e. The van der Waals surface area contributed by atoms with E-state index in [1.165, 1.54) is 28.2 Å². The van der Waals surface area contributed by atoms with Gasteiger partial charge in [0.2, 0.25) is 5.91 Å². The van der Waals surface area contributed by atoms with Gasteiger partial charge in [-0.3, -0.25) is 4.79 Å². The Kier molecular flexibility index (Phi) is 6.60. The molecule has 0 aliphatic heterocycles. The first-order valence-corrected chi connectivity index (χ1v) is 11.1. The number of fused-ring (bicyclic) bond motifs is 1. The van der Waals surface area contributed by atoms with Crippen molar-refractivity contribution >= 4 is 40.0 Å². The molecule has 0 radical (unpaired) electrons. The first-order valence-electron chi connectivity index (χ1n) is 9.26. The van der Waals surface area contributed by atoms with Crippen LogP contribution < -0.4 is 5.32 Å². The summed E-state index contributed by atoms with van der Waals surface area (Å²) in [5, 5.41) is 3.59. The second-order valence-electron chi connectivity index (χ2n) is 6.85. The van der Waals surface area contributed by atoms with E-state index in [-0.39, 0.29) is 18.3 Å². The van der Waals surface area contributed by atoms with Crippen LogP contribution in [0.15, 0.2) is 29.2 Å². The molecule has 0 fully saturated rings. The molecule has 1 aromatic heterocycles. The molecule has 1 aromatic carbocycles. The van der Waals surface area contributed by atoms with E-state index in [0.29, 0.717) is 16.5 Å². The third-order valence-corrected chi connectivity index (χ3v) is 6.82. The fourth-order valence-corrected chi connectivity index (χ4v) is 5.46. The van der Waals surface area contributed by atoms with Gasteiger partial charge in [0, 0.05) is 9.77 Å². The van der Waals surface area contributed by atoms with Gasteiger partial charge in [0.05, 0.1) is 19.1 Å². The van der Waals surface area contributed by atoms with Crippen LogP contribution in [0.5, 0.6) is 0 Å². The number of amides is 1. The van der Waals surface area contributed by atoms with Gasteiger partial charge in [0.15, 0.2) is 0 Å². The van der Waals surface area contributed by atoms with E-state index >= 15 is 0 Å². The Labute approximate surface area is 168 Å². The summed E-state index contributed by atoms with van der Waals surface area (Å²) in [6.07, 6.45) is 3.17. The standard InChI is InChI=1S/C21H25NO3S2/c1-4-26-15-8-6-14(7-9-15)12-18(23)22-20-19(21(24)25-3)16-10-5-13(2)11-17(16)27-20/h6-9,13H,4-5,10-12H2,1-3H3,(H,22,23). The number of methoxy groups -OCH3 is 1. The summed E-state index contributed by atoms with van der Waals surface area (Å²) in [5.74, 6) is 1.16. The number of thiophene rings is 1. The number of hydrogen-bond donors (Lipinski definition) is 1. The summed E-state index contributed by atoms with van der Waals surface area (Å²) >= 11 is 3.30. The molecule has 0 spiro atoms. The minimum atomic E-state index is -0.363. The van der Waals surface area contributed by atoms with Crippen molar-refractivity contribution in [2.75, 3.05) is 18.2 Å².